The van der Waals surface area contributed by atoms with Crippen LogP contribution in [0.5, 0.6) is 0 Å². The Morgan fingerprint density at radius 2 is 1.24 bits per heavy atom. The van der Waals surface area contributed by atoms with E-state index >= 15 is 0 Å². The average Bonchev–Trinajstić information content (AvgIpc) is 2.98. The molecule has 238 valence electrons. The third-order valence-corrected chi connectivity index (χ3v) is 15.4. The largest absolute Gasteiger partial charge is 0.746 e. The summed E-state index contributed by atoms with van der Waals surface area (Å²) >= 11 is 0. The molecule has 8 aliphatic rings. The highest BCUT2D eigenvalue weighted by molar-refractivity contribution is 7.89. The van der Waals surface area contributed by atoms with Crippen LogP contribution < -0.4 is 0 Å². The van der Waals surface area contributed by atoms with Crippen molar-refractivity contribution in [3.05, 3.63) is 77.4 Å². The summed E-state index contributed by atoms with van der Waals surface area (Å²) in [5.41, 5.74) is -0.555. The van der Waals surface area contributed by atoms with Gasteiger partial charge >= 0.3 is 0 Å². The summed E-state index contributed by atoms with van der Waals surface area (Å²) in [5.74, 6) is 4.85. The van der Waals surface area contributed by atoms with Crippen molar-refractivity contribution in [2.45, 2.75) is 92.3 Å². The second-order valence-corrected chi connectivity index (χ2v) is 18.8. The first-order valence-electron chi connectivity index (χ1n) is 17.0. The van der Waals surface area contributed by atoms with Gasteiger partial charge in [-0.15, -0.1) is 0 Å². The Balaban J connectivity index is 1.16. The van der Waals surface area contributed by atoms with Gasteiger partial charge in [0.2, 0.25) is 0 Å². The first kappa shape index (κ1) is 28.9. The molecule has 0 aliphatic heterocycles. The molecule has 0 spiro atoms. The molecule has 11 rings (SSSR count). The standard InChI is InChI=1S/C37H42O6S2/c38-44(39,40)36(30-6-5-27-3-1-2-4-28(27)17-30)43-45(41,42)34-18-29(35-31-13-22-9-23(15-31)16-32(35)14-22)7-8-33(34)37-19-24-10-25(20-37)12-26(11-24)21-37/h1-8,17-18,22-26,31-32,35-36H,9-16,19-21H2,(H,38,39,40)/p-1. The zero-order valence-corrected chi connectivity index (χ0v) is 27.1. The zero-order chi connectivity index (χ0) is 30.7. The normalized spacial score (nSPS) is 37.4. The van der Waals surface area contributed by atoms with Crippen molar-refractivity contribution >= 4 is 31.0 Å². The van der Waals surface area contributed by atoms with Crippen LogP contribution in [0.15, 0.2) is 65.6 Å². The van der Waals surface area contributed by atoms with Crippen molar-refractivity contribution < 1.29 is 25.6 Å². The maximum absolute atomic E-state index is 14.6. The van der Waals surface area contributed by atoms with Gasteiger partial charge in [0.05, 0.1) is 4.90 Å². The number of benzene rings is 3. The van der Waals surface area contributed by atoms with E-state index in [4.69, 9.17) is 4.18 Å². The summed E-state index contributed by atoms with van der Waals surface area (Å²) in [6.07, 6.45) is 12.8. The quantitative estimate of drug-likeness (QED) is 0.192. The monoisotopic (exact) mass is 645 g/mol. The summed E-state index contributed by atoms with van der Waals surface area (Å²) in [7, 11) is -9.82. The molecule has 1 atom stereocenters. The summed E-state index contributed by atoms with van der Waals surface area (Å²) in [6, 6.07) is 18.2. The van der Waals surface area contributed by atoms with Crippen LogP contribution in [0.2, 0.25) is 0 Å². The van der Waals surface area contributed by atoms with Gasteiger partial charge in [-0.25, -0.2) is 12.6 Å². The van der Waals surface area contributed by atoms with Crippen molar-refractivity contribution in [3.63, 3.8) is 0 Å². The van der Waals surface area contributed by atoms with Crippen LogP contribution in [0.1, 0.15) is 98.7 Å². The minimum absolute atomic E-state index is 0.0285. The Labute approximate surface area is 266 Å². The molecular weight excluding hydrogens is 605 g/mol. The molecule has 8 aliphatic carbocycles. The van der Waals surface area contributed by atoms with Gasteiger partial charge in [-0.3, -0.25) is 0 Å². The minimum Gasteiger partial charge on any atom is -0.746 e. The maximum Gasteiger partial charge on any atom is 0.298 e. The number of fused-ring (bicyclic) bond motifs is 1. The summed E-state index contributed by atoms with van der Waals surface area (Å²) in [6.45, 7) is 0. The second kappa shape index (κ2) is 10.1. The summed E-state index contributed by atoms with van der Waals surface area (Å²) in [5, 5.41) is 1.57. The highest BCUT2D eigenvalue weighted by Crippen LogP contribution is 2.63. The van der Waals surface area contributed by atoms with Crippen molar-refractivity contribution in [1.82, 2.24) is 0 Å². The molecule has 3 aromatic carbocycles. The lowest BCUT2D eigenvalue weighted by Crippen LogP contribution is -2.49. The molecule has 8 saturated carbocycles. The van der Waals surface area contributed by atoms with Crippen LogP contribution in [0.25, 0.3) is 10.8 Å². The van der Waals surface area contributed by atoms with E-state index in [1.807, 2.05) is 24.3 Å². The van der Waals surface area contributed by atoms with E-state index in [2.05, 4.69) is 12.1 Å². The van der Waals surface area contributed by atoms with E-state index in [0.29, 0.717) is 40.9 Å². The molecule has 0 saturated heterocycles. The van der Waals surface area contributed by atoms with Gasteiger partial charge in [0.15, 0.2) is 5.44 Å². The number of rotatable bonds is 7. The van der Waals surface area contributed by atoms with Crippen LogP contribution in [0.4, 0.5) is 0 Å². The van der Waals surface area contributed by atoms with Gasteiger partial charge in [-0.2, -0.15) is 8.42 Å². The van der Waals surface area contributed by atoms with Crippen LogP contribution in [-0.2, 0) is 29.8 Å². The number of hydrogen-bond donors (Lipinski definition) is 0. The molecule has 0 radical (unpaired) electrons. The van der Waals surface area contributed by atoms with E-state index in [1.165, 1.54) is 57.4 Å². The molecule has 0 heterocycles. The predicted octanol–water partition coefficient (Wildman–Crippen LogP) is 7.80. The fourth-order valence-corrected chi connectivity index (χ4v) is 14.5. The molecule has 8 fully saturated rings. The molecule has 0 amide bonds. The minimum atomic E-state index is -5.18. The van der Waals surface area contributed by atoms with Gasteiger partial charge < -0.3 is 4.55 Å². The van der Waals surface area contributed by atoms with Gasteiger partial charge in [-0.1, -0.05) is 48.5 Å². The Hall–Kier alpha value is -2.26. The average molecular weight is 646 g/mol. The molecule has 0 N–H and O–H groups in total. The Bertz CT molecular complexity index is 1830. The molecule has 45 heavy (non-hydrogen) atoms. The van der Waals surface area contributed by atoms with E-state index in [1.54, 1.807) is 18.2 Å². The fraction of sp³-hybridized carbons (Fsp3) is 0.568. The summed E-state index contributed by atoms with van der Waals surface area (Å²) < 4.78 is 72.9. The smallest absolute Gasteiger partial charge is 0.298 e. The van der Waals surface area contributed by atoms with Gasteiger partial charge in [0.1, 0.15) is 10.1 Å². The van der Waals surface area contributed by atoms with Crippen molar-refractivity contribution in [1.29, 1.82) is 0 Å². The van der Waals surface area contributed by atoms with E-state index < -0.39 is 25.7 Å². The molecule has 3 aromatic rings. The van der Waals surface area contributed by atoms with E-state index in [9.17, 15) is 21.4 Å². The van der Waals surface area contributed by atoms with E-state index in [0.717, 1.165) is 47.6 Å². The highest BCUT2D eigenvalue weighted by atomic mass is 32.2. The zero-order valence-electron chi connectivity index (χ0n) is 25.5. The van der Waals surface area contributed by atoms with Crippen molar-refractivity contribution in [2.24, 2.45) is 41.4 Å². The molecule has 1 unspecified atom stereocenters. The van der Waals surface area contributed by atoms with Gasteiger partial charge in [-0.05, 0) is 163 Å². The van der Waals surface area contributed by atoms with Crippen LogP contribution in [0, 0.1) is 41.4 Å². The van der Waals surface area contributed by atoms with Gasteiger partial charge in [0.25, 0.3) is 10.1 Å². The van der Waals surface area contributed by atoms with Crippen LogP contribution in [0.3, 0.4) is 0 Å². The van der Waals surface area contributed by atoms with Crippen LogP contribution >= 0.6 is 0 Å². The molecule has 8 heteroatoms. The fourth-order valence-electron chi connectivity index (χ4n) is 12.1. The van der Waals surface area contributed by atoms with Crippen LogP contribution in [-0.4, -0.2) is 21.4 Å². The third kappa shape index (κ3) is 4.84. The Morgan fingerprint density at radius 1 is 0.667 bits per heavy atom. The topological polar surface area (TPSA) is 101 Å². The van der Waals surface area contributed by atoms with Crippen molar-refractivity contribution in [3.8, 4) is 0 Å². The highest BCUT2D eigenvalue weighted by Gasteiger charge is 2.54. The molecule has 8 bridgehead atoms. The number of hydrogen-bond acceptors (Lipinski definition) is 6. The van der Waals surface area contributed by atoms with Crippen molar-refractivity contribution in [2.75, 3.05) is 0 Å². The maximum atomic E-state index is 14.6. The molecular formula is C37H41O6S2-. The molecule has 0 aromatic heterocycles. The summed E-state index contributed by atoms with van der Waals surface area (Å²) in [4.78, 5) is 0.102. The Kier molecular flexibility index (Phi) is 6.50. The lowest BCUT2D eigenvalue weighted by molar-refractivity contribution is -0.00715. The lowest BCUT2D eigenvalue weighted by atomic mass is 9.48. The SMILES string of the molecule is O=S(=O)(OC(c1ccc2ccccc2c1)S(=O)(=O)[O-])c1cc(C2C3CC4CC(C3)CC2C4)ccc1C12CC3CC(CC(C3)C1)C2. The molecule has 6 nitrogen and oxygen atoms in total. The lowest BCUT2D eigenvalue weighted by Gasteiger charge is -2.57. The van der Waals surface area contributed by atoms with E-state index in [-0.39, 0.29) is 15.9 Å². The Morgan fingerprint density at radius 3 is 1.84 bits per heavy atom. The first-order valence-corrected chi connectivity index (χ1v) is 19.9. The van der Waals surface area contributed by atoms with Gasteiger partial charge in [0, 0.05) is 0 Å². The third-order valence-electron chi connectivity index (χ3n) is 13.0. The predicted molar refractivity (Wildman–Crippen MR) is 171 cm³/mol. The first-order chi connectivity index (χ1) is 21.5. The second-order valence-electron chi connectivity index (χ2n) is 15.9.